The smallest absolute Gasteiger partial charge is 0.252 e. The molecule has 0 radical (unpaired) electrons. The Morgan fingerprint density at radius 2 is 2.26 bits per heavy atom. The SMILES string of the molecule is Cc1ccc(Br)c(C(=O)NCC2COC(C)(C)O2)c1. The lowest BCUT2D eigenvalue weighted by Crippen LogP contribution is -2.34. The molecule has 1 unspecified atom stereocenters. The highest BCUT2D eigenvalue weighted by Crippen LogP contribution is 2.22. The minimum absolute atomic E-state index is 0.0949. The maximum Gasteiger partial charge on any atom is 0.252 e. The van der Waals surface area contributed by atoms with E-state index in [4.69, 9.17) is 9.47 Å². The van der Waals surface area contributed by atoms with Crippen LogP contribution in [-0.4, -0.2) is 30.9 Å². The van der Waals surface area contributed by atoms with Crippen LogP contribution in [0.15, 0.2) is 22.7 Å². The molecule has 5 heteroatoms. The molecule has 4 nitrogen and oxygen atoms in total. The molecule has 0 aromatic heterocycles. The van der Waals surface area contributed by atoms with Crippen LogP contribution in [0.3, 0.4) is 0 Å². The summed E-state index contributed by atoms with van der Waals surface area (Å²) in [5.74, 6) is -0.664. The van der Waals surface area contributed by atoms with Gasteiger partial charge in [0.05, 0.1) is 12.2 Å². The van der Waals surface area contributed by atoms with E-state index < -0.39 is 5.79 Å². The van der Waals surface area contributed by atoms with Crippen molar-refractivity contribution < 1.29 is 14.3 Å². The average Bonchev–Trinajstić information content (AvgIpc) is 2.69. The average molecular weight is 328 g/mol. The van der Waals surface area contributed by atoms with Gasteiger partial charge in [-0.05, 0) is 48.8 Å². The first-order valence-electron chi connectivity index (χ1n) is 6.23. The monoisotopic (exact) mass is 327 g/mol. The number of carbonyl (C=O) groups excluding carboxylic acids is 1. The van der Waals surface area contributed by atoms with Crippen LogP contribution in [0.2, 0.25) is 0 Å². The molecule has 1 amide bonds. The number of benzene rings is 1. The first kappa shape index (κ1) is 14.5. The number of ether oxygens (including phenoxy) is 2. The molecule has 1 heterocycles. The molecule has 0 aliphatic carbocycles. The van der Waals surface area contributed by atoms with Gasteiger partial charge >= 0.3 is 0 Å². The molecule has 1 aromatic rings. The number of hydrogen-bond donors (Lipinski definition) is 1. The number of hydrogen-bond acceptors (Lipinski definition) is 3. The Balaban J connectivity index is 1.93. The molecule has 1 aliphatic rings. The Bertz CT molecular complexity index is 488. The largest absolute Gasteiger partial charge is 0.349 e. The molecular weight excluding hydrogens is 310 g/mol. The van der Waals surface area contributed by atoms with Gasteiger partial charge in [-0.25, -0.2) is 0 Å². The standard InChI is InChI=1S/C14H18BrNO3/c1-9-4-5-12(15)11(6-9)13(17)16-7-10-8-18-14(2,3)19-10/h4-6,10H,7-8H2,1-3H3,(H,16,17). The van der Waals surface area contributed by atoms with Crippen molar-refractivity contribution >= 4 is 21.8 Å². The Morgan fingerprint density at radius 3 is 2.89 bits per heavy atom. The third kappa shape index (κ3) is 3.78. The van der Waals surface area contributed by atoms with Crippen LogP contribution in [0, 0.1) is 6.92 Å². The molecule has 0 spiro atoms. The van der Waals surface area contributed by atoms with Crippen LogP contribution in [0.4, 0.5) is 0 Å². The normalized spacial score (nSPS) is 21.4. The van der Waals surface area contributed by atoms with Crippen molar-refractivity contribution in [3.8, 4) is 0 Å². The van der Waals surface area contributed by atoms with E-state index in [1.54, 1.807) is 0 Å². The zero-order valence-corrected chi connectivity index (χ0v) is 12.9. The highest BCUT2D eigenvalue weighted by molar-refractivity contribution is 9.10. The number of halogens is 1. The molecule has 0 bridgehead atoms. The summed E-state index contributed by atoms with van der Waals surface area (Å²) in [6, 6.07) is 5.69. The lowest BCUT2D eigenvalue weighted by molar-refractivity contribution is -0.137. The van der Waals surface area contributed by atoms with Gasteiger partial charge in [0.15, 0.2) is 5.79 Å². The van der Waals surface area contributed by atoms with Gasteiger partial charge in [0, 0.05) is 11.0 Å². The van der Waals surface area contributed by atoms with E-state index in [-0.39, 0.29) is 12.0 Å². The quantitative estimate of drug-likeness (QED) is 0.928. The Morgan fingerprint density at radius 1 is 1.53 bits per heavy atom. The minimum atomic E-state index is -0.556. The van der Waals surface area contributed by atoms with Crippen LogP contribution < -0.4 is 5.32 Å². The molecular formula is C14H18BrNO3. The summed E-state index contributed by atoms with van der Waals surface area (Å²) < 4.78 is 11.9. The summed E-state index contributed by atoms with van der Waals surface area (Å²) >= 11 is 3.39. The molecule has 104 valence electrons. The highest BCUT2D eigenvalue weighted by Gasteiger charge is 2.32. The summed E-state index contributed by atoms with van der Waals surface area (Å²) in [5.41, 5.74) is 1.69. The van der Waals surface area contributed by atoms with E-state index in [0.29, 0.717) is 18.7 Å². The predicted octanol–water partition coefficient (Wildman–Crippen LogP) is 2.64. The minimum Gasteiger partial charge on any atom is -0.349 e. The van der Waals surface area contributed by atoms with E-state index >= 15 is 0 Å². The first-order chi connectivity index (χ1) is 8.87. The third-order valence-electron chi connectivity index (χ3n) is 2.92. The van der Waals surface area contributed by atoms with E-state index in [1.807, 2.05) is 39.0 Å². The van der Waals surface area contributed by atoms with Crippen LogP contribution in [0.5, 0.6) is 0 Å². The number of aryl methyl sites for hydroxylation is 1. The molecule has 1 atom stereocenters. The second-order valence-corrected chi connectivity index (χ2v) is 6.00. The molecule has 1 saturated heterocycles. The Kier molecular flexibility index (Phi) is 4.28. The van der Waals surface area contributed by atoms with Crippen LogP contribution in [0.25, 0.3) is 0 Å². The Labute approximate surface area is 121 Å². The van der Waals surface area contributed by atoms with Gasteiger partial charge < -0.3 is 14.8 Å². The van der Waals surface area contributed by atoms with Gasteiger partial charge in [0.1, 0.15) is 6.10 Å². The fourth-order valence-electron chi connectivity index (χ4n) is 1.98. The second kappa shape index (κ2) is 5.61. The molecule has 1 aliphatic heterocycles. The fourth-order valence-corrected chi connectivity index (χ4v) is 2.41. The topological polar surface area (TPSA) is 47.6 Å². The van der Waals surface area contributed by atoms with Crippen molar-refractivity contribution in [1.29, 1.82) is 0 Å². The van der Waals surface area contributed by atoms with Gasteiger partial charge in [-0.15, -0.1) is 0 Å². The van der Waals surface area contributed by atoms with E-state index in [9.17, 15) is 4.79 Å². The van der Waals surface area contributed by atoms with Crippen molar-refractivity contribution in [2.75, 3.05) is 13.2 Å². The third-order valence-corrected chi connectivity index (χ3v) is 3.62. The van der Waals surface area contributed by atoms with Gasteiger partial charge in [0.25, 0.3) is 5.91 Å². The Hall–Kier alpha value is -0.910. The molecule has 1 fully saturated rings. The van der Waals surface area contributed by atoms with E-state index in [1.165, 1.54) is 0 Å². The van der Waals surface area contributed by atoms with Gasteiger partial charge in [-0.2, -0.15) is 0 Å². The van der Waals surface area contributed by atoms with E-state index in [2.05, 4.69) is 21.2 Å². The fraction of sp³-hybridized carbons (Fsp3) is 0.500. The molecule has 0 saturated carbocycles. The highest BCUT2D eigenvalue weighted by atomic mass is 79.9. The second-order valence-electron chi connectivity index (χ2n) is 5.14. The van der Waals surface area contributed by atoms with Gasteiger partial charge in [-0.1, -0.05) is 11.6 Å². The van der Waals surface area contributed by atoms with E-state index in [0.717, 1.165) is 10.0 Å². The van der Waals surface area contributed by atoms with Gasteiger partial charge in [0.2, 0.25) is 0 Å². The summed E-state index contributed by atoms with van der Waals surface area (Å²) in [4.78, 5) is 12.1. The summed E-state index contributed by atoms with van der Waals surface area (Å²) in [6.45, 7) is 6.64. The molecule has 1 aromatic carbocycles. The van der Waals surface area contributed by atoms with Crippen molar-refractivity contribution in [1.82, 2.24) is 5.32 Å². The molecule has 2 rings (SSSR count). The number of amides is 1. The van der Waals surface area contributed by atoms with Crippen LogP contribution in [-0.2, 0) is 9.47 Å². The lowest BCUT2D eigenvalue weighted by atomic mass is 10.1. The van der Waals surface area contributed by atoms with Crippen molar-refractivity contribution in [3.05, 3.63) is 33.8 Å². The number of rotatable bonds is 3. The predicted molar refractivity (Wildman–Crippen MR) is 76.1 cm³/mol. The maximum absolute atomic E-state index is 12.1. The van der Waals surface area contributed by atoms with Gasteiger partial charge in [-0.3, -0.25) is 4.79 Å². The van der Waals surface area contributed by atoms with Crippen LogP contribution >= 0.6 is 15.9 Å². The zero-order valence-electron chi connectivity index (χ0n) is 11.3. The maximum atomic E-state index is 12.1. The molecule has 1 N–H and O–H groups in total. The number of carbonyl (C=O) groups is 1. The zero-order chi connectivity index (χ0) is 14.0. The van der Waals surface area contributed by atoms with Crippen molar-refractivity contribution in [2.45, 2.75) is 32.7 Å². The molecule has 19 heavy (non-hydrogen) atoms. The van der Waals surface area contributed by atoms with Crippen molar-refractivity contribution in [2.24, 2.45) is 0 Å². The summed E-state index contributed by atoms with van der Waals surface area (Å²) in [6.07, 6.45) is -0.0949. The summed E-state index contributed by atoms with van der Waals surface area (Å²) in [7, 11) is 0. The lowest BCUT2D eigenvalue weighted by Gasteiger charge is -2.17. The first-order valence-corrected chi connectivity index (χ1v) is 7.03. The summed E-state index contributed by atoms with van der Waals surface area (Å²) in [5, 5.41) is 2.87. The number of nitrogens with one attached hydrogen (secondary N) is 1. The van der Waals surface area contributed by atoms with Crippen LogP contribution in [0.1, 0.15) is 29.8 Å². The van der Waals surface area contributed by atoms with Crippen molar-refractivity contribution in [3.63, 3.8) is 0 Å².